The van der Waals surface area contributed by atoms with Gasteiger partial charge in [-0.1, -0.05) is 39.8 Å². The van der Waals surface area contributed by atoms with Crippen molar-refractivity contribution in [2.45, 2.75) is 34.6 Å². The summed E-state index contributed by atoms with van der Waals surface area (Å²) in [5, 5.41) is 12.3. The number of para-hydroxylation sites is 1. The Kier molecular flexibility index (Phi) is 6.93. The molecule has 0 radical (unpaired) electrons. The summed E-state index contributed by atoms with van der Waals surface area (Å²) in [6, 6.07) is 9.54. The summed E-state index contributed by atoms with van der Waals surface area (Å²) < 4.78 is 0.907. The molecule has 0 aliphatic rings. The van der Waals surface area contributed by atoms with Gasteiger partial charge in [0.25, 0.3) is 0 Å². The fourth-order valence-corrected chi connectivity index (χ4v) is 1.42. The standard InChI is InChI=1S/C10H9NO.2C2H6/c1-8-4-2-5-9-6-3-7-11(12)10(8)9;2*1-2/h2-7H,1H3;2*1-2H3. The lowest BCUT2D eigenvalue weighted by Crippen LogP contribution is -2.26. The van der Waals surface area contributed by atoms with E-state index in [1.165, 1.54) is 6.20 Å². The molecule has 2 aromatic rings. The molecular formula is C14H21NO. The lowest BCUT2D eigenvalue weighted by molar-refractivity contribution is -0.577. The maximum Gasteiger partial charge on any atom is 0.226 e. The minimum absolute atomic E-state index is 0.764. The Labute approximate surface area is 98.1 Å². The number of aryl methyl sites for hydroxylation is 1. The molecular weight excluding hydrogens is 198 g/mol. The Morgan fingerprint density at radius 2 is 1.50 bits per heavy atom. The molecule has 2 nitrogen and oxygen atoms in total. The third-order valence-corrected chi connectivity index (χ3v) is 1.99. The van der Waals surface area contributed by atoms with E-state index in [4.69, 9.17) is 0 Å². The van der Waals surface area contributed by atoms with Gasteiger partial charge in [0.15, 0.2) is 6.20 Å². The second-order valence-corrected chi connectivity index (χ2v) is 2.85. The lowest BCUT2D eigenvalue weighted by atomic mass is 10.1. The van der Waals surface area contributed by atoms with E-state index in [-0.39, 0.29) is 0 Å². The monoisotopic (exact) mass is 219 g/mol. The fourth-order valence-electron chi connectivity index (χ4n) is 1.42. The van der Waals surface area contributed by atoms with Crippen molar-refractivity contribution in [2.75, 3.05) is 0 Å². The zero-order valence-electron chi connectivity index (χ0n) is 10.8. The van der Waals surface area contributed by atoms with Gasteiger partial charge in [-0.2, -0.15) is 4.73 Å². The highest BCUT2D eigenvalue weighted by molar-refractivity contribution is 5.78. The van der Waals surface area contributed by atoms with E-state index >= 15 is 0 Å². The maximum absolute atomic E-state index is 11.3. The van der Waals surface area contributed by atoms with E-state index < -0.39 is 0 Å². The van der Waals surface area contributed by atoms with Crippen LogP contribution in [0.4, 0.5) is 0 Å². The van der Waals surface area contributed by atoms with Gasteiger partial charge in [0.05, 0.1) is 0 Å². The Morgan fingerprint density at radius 3 is 2.06 bits per heavy atom. The zero-order valence-corrected chi connectivity index (χ0v) is 10.8. The molecule has 0 spiro atoms. The Morgan fingerprint density at radius 1 is 0.938 bits per heavy atom. The smallest absolute Gasteiger partial charge is 0.226 e. The van der Waals surface area contributed by atoms with Gasteiger partial charge in [0.1, 0.15) is 0 Å². The highest BCUT2D eigenvalue weighted by Gasteiger charge is 2.03. The van der Waals surface area contributed by atoms with Crippen molar-refractivity contribution in [1.29, 1.82) is 0 Å². The Hall–Kier alpha value is -1.57. The first kappa shape index (κ1) is 14.4. The first-order chi connectivity index (χ1) is 7.79. The van der Waals surface area contributed by atoms with Crippen molar-refractivity contribution in [2.24, 2.45) is 0 Å². The van der Waals surface area contributed by atoms with Crippen LogP contribution in [0.5, 0.6) is 0 Å². The topological polar surface area (TPSA) is 26.9 Å². The first-order valence-corrected chi connectivity index (χ1v) is 5.86. The van der Waals surface area contributed by atoms with Gasteiger partial charge in [-0.3, -0.25) is 0 Å². The summed E-state index contributed by atoms with van der Waals surface area (Å²) >= 11 is 0. The van der Waals surface area contributed by atoms with E-state index in [0.29, 0.717) is 0 Å². The fraction of sp³-hybridized carbons (Fsp3) is 0.357. The third kappa shape index (κ3) is 3.23. The normalized spacial score (nSPS) is 8.56. The number of fused-ring (bicyclic) bond motifs is 1. The summed E-state index contributed by atoms with van der Waals surface area (Å²) in [6.07, 6.45) is 1.52. The third-order valence-electron chi connectivity index (χ3n) is 1.99. The van der Waals surface area contributed by atoms with Crippen molar-refractivity contribution in [1.82, 2.24) is 0 Å². The van der Waals surface area contributed by atoms with Crippen molar-refractivity contribution < 1.29 is 4.73 Å². The highest BCUT2D eigenvalue weighted by Crippen LogP contribution is 2.12. The summed E-state index contributed by atoms with van der Waals surface area (Å²) in [5.74, 6) is 0. The molecule has 0 saturated carbocycles. The predicted octanol–water partition coefficient (Wildman–Crippen LogP) is 3.83. The van der Waals surface area contributed by atoms with Crippen LogP contribution in [0.25, 0.3) is 10.9 Å². The van der Waals surface area contributed by atoms with E-state index in [9.17, 15) is 5.21 Å². The van der Waals surface area contributed by atoms with Crippen LogP contribution in [0, 0.1) is 12.1 Å². The van der Waals surface area contributed by atoms with Crippen molar-refractivity contribution in [3.63, 3.8) is 0 Å². The minimum Gasteiger partial charge on any atom is -0.618 e. The number of pyridine rings is 1. The molecule has 0 N–H and O–H groups in total. The van der Waals surface area contributed by atoms with E-state index in [2.05, 4.69) is 0 Å². The van der Waals surface area contributed by atoms with E-state index in [0.717, 1.165) is 21.2 Å². The molecule has 1 aromatic heterocycles. The number of rotatable bonds is 0. The van der Waals surface area contributed by atoms with Crippen LogP contribution in [-0.4, -0.2) is 0 Å². The van der Waals surface area contributed by atoms with Gasteiger partial charge in [0.2, 0.25) is 5.52 Å². The molecule has 16 heavy (non-hydrogen) atoms. The van der Waals surface area contributed by atoms with Crippen LogP contribution < -0.4 is 4.73 Å². The quantitative estimate of drug-likeness (QED) is 0.488. The predicted molar refractivity (Wildman–Crippen MR) is 70.3 cm³/mol. The van der Waals surface area contributed by atoms with Crippen LogP contribution in [0.1, 0.15) is 33.3 Å². The molecule has 1 aromatic carbocycles. The molecule has 0 fully saturated rings. The van der Waals surface area contributed by atoms with Crippen molar-refractivity contribution >= 4 is 10.9 Å². The van der Waals surface area contributed by atoms with Crippen LogP contribution in [0.2, 0.25) is 0 Å². The zero-order chi connectivity index (χ0) is 12.6. The number of benzene rings is 1. The summed E-state index contributed by atoms with van der Waals surface area (Å²) in [7, 11) is 0. The second kappa shape index (κ2) is 7.69. The van der Waals surface area contributed by atoms with Gasteiger partial charge in [-0.15, -0.1) is 0 Å². The van der Waals surface area contributed by atoms with Gasteiger partial charge in [-0.05, 0) is 19.1 Å². The lowest BCUT2D eigenvalue weighted by Gasteiger charge is -2.02. The van der Waals surface area contributed by atoms with E-state index in [1.807, 2.05) is 58.9 Å². The maximum atomic E-state index is 11.3. The van der Waals surface area contributed by atoms with Gasteiger partial charge in [-0.25, -0.2) is 0 Å². The summed E-state index contributed by atoms with van der Waals surface area (Å²) in [6.45, 7) is 9.94. The molecule has 1 heterocycles. The number of nitrogens with zero attached hydrogens (tertiary/aromatic N) is 1. The molecule has 0 aliphatic carbocycles. The Balaban J connectivity index is 0.000000509. The molecule has 0 saturated heterocycles. The molecule has 0 aliphatic heterocycles. The van der Waals surface area contributed by atoms with Crippen molar-refractivity contribution in [3.05, 3.63) is 47.3 Å². The van der Waals surface area contributed by atoms with Crippen LogP contribution in [-0.2, 0) is 0 Å². The molecule has 0 unspecified atom stereocenters. The van der Waals surface area contributed by atoms with Crippen molar-refractivity contribution in [3.8, 4) is 0 Å². The largest absolute Gasteiger partial charge is 0.618 e. The van der Waals surface area contributed by atoms with Crippen LogP contribution in [0.15, 0.2) is 36.5 Å². The molecule has 0 atom stereocenters. The molecule has 88 valence electrons. The first-order valence-electron chi connectivity index (χ1n) is 5.86. The second-order valence-electron chi connectivity index (χ2n) is 2.85. The van der Waals surface area contributed by atoms with Crippen LogP contribution in [0.3, 0.4) is 0 Å². The number of hydrogen-bond acceptors (Lipinski definition) is 1. The summed E-state index contributed by atoms with van der Waals surface area (Å²) in [4.78, 5) is 0. The molecule has 2 heteroatoms. The molecule has 0 bridgehead atoms. The molecule has 2 rings (SSSR count). The summed E-state index contributed by atoms with van der Waals surface area (Å²) in [5.41, 5.74) is 1.78. The van der Waals surface area contributed by atoms with E-state index in [1.54, 1.807) is 6.07 Å². The van der Waals surface area contributed by atoms with Gasteiger partial charge < -0.3 is 5.21 Å². The molecule has 0 amide bonds. The highest BCUT2D eigenvalue weighted by atomic mass is 16.5. The average Bonchev–Trinajstić information content (AvgIpc) is 2.34. The van der Waals surface area contributed by atoms with Gasteiger partial charge in [0, 0.05) is 17.0 Å². The Bertz CT molecular complexity index is 387. The van der Waals surface area contributed by atoms with Gasteiger partial charge >= 0.3 is 0 Å². The minimum atomic E-state index is 0.764. The SMILES string of the molecule is CC.CC.Cc1cccc2ccc[n+]([O-])c12. The number of aromatic nitrogens is 1. The van der Waals surface area contributed by atoms with Crippen LogP contribution >= 0.6 is 0 Å². The average molecular weight is 219 g/mol. The number of hydrogen-bond donors (Lipinski definition) is 0.